The molecule has 8 heteroatoms. The number of hydrogen-bond donors (Lipinski definition) is 1. The van der Waals surface area contributed by atoms with Gasteiger partial charge in [-0.3, -0.25) is 0 Å². The second-order valence-corrected chi connectivity index (χ2v) is 8.74. The molecule has 3 rings (SSSR count). The van der Waals surface area contributed by atoms with Crippen LogP contribution < -0.4 is 5.32 Å². The number of aromatic nitrogens is 3. The van der Waals surface area contributed by atoms with E-state index in [1.807, 2.05) is 0 Å². The number of anilines is 1. The Morgan fingerprint density at radius 1 is 1.32 bits per heavy atom. The number of thioether (sulfide) groups is 1. The largest absolute Gasteiger partial charge is 0.358 e. The Kier molecular flexibility index (Phi) is 5.46. The summed E-state index contributed by atoms with van der Waals surface area (Å²) in [5.41, 5.74) is 1.10. The van der Waals surface area contributed by atoms with E-state index in [-0.39, 0.29) is 0 Å². The number of thiophene rings is 1. The van der Waals surface area contributed by atoms with E-state index in [1.165, 1.54) is 4.88 Å². The third kappa shape index (κ3) is 4.07. The van der Waals surface area contributed by atoms with Gasteiger partial charge in [-0.1, -0.05) is 36.1 Å². The van der Waals surface area contributed by atoms with Crippen LogP contribution in [0.2, 0.25) is 0 Å². The van der Waals surface area contributed by atoms with E-state index in [9.17, 15) is 0 Å². The fraction of sp³-hybridized carbons (Fsp3) is 0.357. The van der Waals surface area contributed by atoms with E-state index in [1.54, 1.807) is 45.8 Å². The van der Waals surface area contributed by atoms with Crippen LogP contribution in [0.3, 0.4) is 0 Å². The van der Waals surface area contributed by atoms with Crippen LogP contribution in [-0.4, -0.2) is 21.2 Å². The van der Waals surface area contributed by atoms with Crippen LogP contribution >= 0.6 is 45.8 Å². The topological polar surface area (TPSA) is 50.7 Å². The standard InChI is InChI=1S/C14H16N4S4/c1-3-9(2)15-13-17-18-14(22-13)21-8-10-7-20-12(16-10)11-5-4-6-19-11/h4-7,9H,3,8H2,1-2H3,(H,15,17). The van der Waals surface area contributed by atoms with E-state index in [4.69, 9.17) is 0 Å². The SMILES string of the molecule is CCC(C)Nc1nnc(SCc2csc(-c3cccs3)n2)s1. The summed E-state index contributed by atoms with van der Waals surface area (Å²) >= 11 is 6.73. The molecule has 1 unspecified atom stereocenters. The van der Waals surface area contributed by atoms with Crippen molar-refractivity contribution in [2.75, 3.05) is 5.32 Å². The van der Waals surface area contributed by atoms with E-state index in [0.29, 0.717) is 6.04 Å². The maximum atomic E-state index is 4.69. The molecule has 0 aromatic carbocycles. The highest BCUT2D eigenvalue weighted by Crippen LogP contribution is 2.32. The molecular weight excluding hydrogens is 352 g/mol. The Hall–Kier alpha value is -0.960. The average molecular weight is 369 g/mol. The first-order chi connectivity index (χ1) is 10.7. The lowest BCUT2D eigenvalue weighted by atomic mass is 10.3. The van der Waals surface area contributed by atoms with Gasteiger partial charge in [-0.2, -0.15) is 0 Å². The van der Waals surface area contributed by atoms with Crippen LogP contribution in [0.5, 0.6) is 0 Å². The summed E-state index contributed by atoms with van der Waals surface area (Å²) in [5, 5.41) is 18.0. The predicted molar refractivity (Wildman–Crippen MR) is 98.3 cm³/mol. The molecule has 0 aliphatic rings. The second kappa shape index (κ2) is 7.54. The molecule has 116 valence electrons. The van der Waals surface area contributed by atoms with Crippen LogP contribution in [0.4, 0.5) is 5.13 Å². The van der Waals surface area contributed by atoms with Crippen molar-refractivity contribution in [3.8, 4) is 9.88 Å². The first-order valence-corrected chi connectivity index (χ1v) is 10.5. The molecule has 1 N–H and O–H groups in total. The smallest absolute Gasteiger partial charge is 0.206 e. The molecule has 0 fully saturated rings. The molecule has 3 aromatic rings. The van der Waals surface area contributed by atoms with Crippen molar-refractivity contribution in [1.29, 1.82) is 0 Å². The quantitative estimate of drug-likeness (QED) is 0.579. The fourth-order valence-electron chi connectivity index (χ4n) is 1.66. The average Bonchev–Trinajstić information content (AvgIpc) is 3.26. The van der Waals surface area contributed by atoms with Crippen molar-refractivity contribution in [2.45, 2.75) is 36.4 Å². The lowest BCUT2D eigenvalue weighted by Crippen LogP contribution is -2.12. The van der Waals surface area contributed by atoms with Gasteiger partial charge in [0.1, 0.15) is 5.01 Å². The molecule has 0 aliphatic heterocycles. The van der Waals surface area contributed by atoms with Gasteiger partial charge in [0.15, 0.2) is 4.34 Å². The van der Waals surface area contributed by atoms with Crippen molar-refractivity contribution in [3.63, 3.8) is 0 Å². The molecule has 0 radical (unpaired) electrons. The van der Waals surface area contributed by atoms with Gasteiger partial charge in [-0.05, 0) is 24.8 Å². The zero-order valence-electron chi connectivity index (χ0n) is 12.3. The van der Waals surface area contributed by atoms with Gasteiger partial charge in [0.25, 0.3) is 0 Å². The number of thiazole rings is 1. The number of rotatable bonds is 7. The Morgan fingerprint density at radius 2 is 2.23 bits per heavy atom. The zero-order chi connectivity index (χ0) is 15.4. The maximum absolute atomic E-state index is 4.69. The number of hydrogen-bond acceptors (Lipinski definition) is 8. The van der Waals surface area contributed by atoms with Crippen molar-refractivity contribution < 1.29 is 0 Å². The molecule has 0 saturated heterocycles. The molecule has 3 heterocycles. The Balaban J connectivity index is 1.56. The number of nitrogens with zero attached hydrogens (tertiary/aromatic N) is 3. The summed E-state index contributed by atoms with van der Waals surface area (Å²) in [4.78, 5) is 5.92. The Morgan fingerprint density at radius 3 is 3.00 bits per heavy atom. The lowest BCUT2D eigenvalue weighted by molar-refractivity contribution is 0.759. The third-order valence-corrected chi connectivity index (χ3v) is 6.97. The molecule has 0 amide bonds. The highest BCUT2D eigenvalue weighted by Gasteiger charge is 2.09. The molecule has 22 heavy (non-hydrogen) atoms. The van der Waals surface area contributed by atoms with Crippen LogP contribution in [0, 0.1) is 0 Å². The molecule has 0 saturated carbocycles. The van der Waals surface area contributed by atoms with Gasteiger partial charge in [-0.15, -0.1) is 32.9 Å². The summed E-state index contributed by atoms with van der Waals surface area (Å²) in [7, 11) is 0. The first-order valence-electron chi connectivity index (χ1n) is 6.95. The lowest BCUT2D eigenvalue weighted by Gasteiger charge is -2.07. The minimum Gasteiger partial charge on any atom is -0.358 e. The normalized spacial score (nSPS) is 12.5. The highest BCUT2D eigenvalue weighted by atomic mass is 32.2. The Labute approximate surface area is 146 Å². The van der Waals surface area contributed by atoms with Crippen molar-refractivity contribution in [1.82, 2.24) is 15.2 Å². The van der Waals surface area contributed by atoms with Crippen molar-refractivity contribution in [2.24, 2.45) is 0 Å². The van der Waals surface area contributed by atoms with E-state index in [2.05, 4.69) is 57.2 Å². The van der Waals surface area contributed by atoms with Crippen molar-refractivity contribution >= 4 is 50.9 Å². The van der Waals surface area contributed by atoms with Crippen molar-refractivity contribution in [3.05, 3.63) is 28.6 Å². The van der Waals surface area contributed by atoms with E-state index in [0.717, 1.165) is 32.3 Å². The summed E-state index contributed by atoms with van der Waals surface area (Å²) in [5.74, 6) is 0.833. The molecule has 0 aliphatic carbocycles. The first kappa shape index (κ1) is 15.9. The van der Waals surface area contributed by atoms with Gasteiger partial charge < -0.3 is 5.32 Å². The molecule has 1 atom stereocenters. The summed E-state index contributed by atoms with van der Waals surface area (Å²) in [6.45, 7) is 4.30. The highest BCUT2D eigenvalue weighted by molar-refractivity contribution is 8.00. The predicted octanol–water partition coefficient (Wildman–Crippen LogP) is 5.23. The van der Waals surface area contributed by atoms with Gasteiger partial charge in [-0.25, -0.2) is 4.98 Å². The second-order valence-electron chi connectivity index (χ2n) is 4.74. The number of nitrogens with one attached hydrogen (secondary N) is 1. The Bertz CT molecular complexity index is 704. The van der Waals surface area contributed by atoms with Gasteiger partial charge >= 0.3 is 0 Å². The van der Waals surface area contributed by atoms with Gasteiger partial charge in [0.2, 0.25) is 5.13 Å². The summed E-state index contributed by atoms with van der Waals surface area (Å²) < 4.78 is 0.983. The van der Waals surface area contributed by atoms with Crippen LogP contribution in [0.15, 0.2) is 27.2 Å². The van der Waals surface area contributed by atoms with E-state index >= 15 is 0 Å². The maximum Gasteiger partial charge on any atom is 0.206 e. The fourth-order valence-corrected chi connectivity index (χ4v) is 5.16. The minimum absolute atomic E-state index is 0.428. The summed E-state index contributed by atoms with van der Waals surface area (Å²) in [6.07, 6.45) is 1.08. The van der Waals surface area contributed by atoms with Crippen LogP contribution in [-0.2, 0) is 5.75 Å². The van der Waals surface area contributed by atoms with Gasteiger partial charge in [0.05, 0.1) is 10.6 Å². The molecule has 0 spiro atoms. The van der Waals surface area contributed by atoms with E-state index < -0.39 is 0 Å². The molecular formula is C14H16N4S4. The minimum atomic E-state index is 0.428. The van der Waals surface area contributed by atoms with Crippen LogP contribution in [0.1, 0.15) is 26.0 Å². The molecule has 3 aromatic heterocycles. The summed E-state index contributed by atoms with van der Waals surface area (Å²) in [6, 6.07) is 4.60. The van der Waals surface area contributed by atoms with Crippen LogP contribution in [0.25, 0.3) is 9.88 Å². The third-order valence-electron chi connectivity index (χ3n) is 3.02. The monoisotopic (exact) mass is 368 g/mol. The molecule has 4 nitrogen and oxygen atoms in total. The van der Waals surface area contributed by atoms with Gasteiger partial charge in [0, 0.05) is 17.2 Å². The zero-order valence-corrected chi connectivity index (χ0v) is 15.5. The molecule has 0 bridgehead atoms.